The zero-order chi connectivity index (χ0) is 14.9. The standard InChI is InChI=1S/C16H16Br2O2/c1-9-5-11(17)7-13(15(9)19-3)14-8-12(18)6-10(2)16(14)20-4/h5-8H,1-4H3. The summed E-state index contributed by atoms with van der Waals surface area (Å²) < 4.78 is 13.2. The van der Waals surface area contributed by atoms with Gasteiger partial charge in [-0.25, -0.2) is 0 Å². The van der Waals surface area contributed by atoms with E-state index in [1.54, 1.807) is 14.2 Å². The molecular formula is C16H16Br2O2. The number of aryl methyl sites for hydroxylation is 2. The largest absolute Gasteiger partial charge is 0.496 e. The lowest BCUT2D eigenvalue weighted by atomic mass is 9.99. The maximum absolute atomic E-state index is 5.57. The van der Waals surface area contributed by atoms with Crippen LogP contribution in [0.1, 0.15) is 11.1 Å². The average Bonchev–Trinajstić information content (AvgIpc) is 2.37. The number of hydrogen-bond acceptors (Lipinski definition) is 2. The Hall–Kier alpha value is -1.00. The van der Waals surface area contributed by atoms with Crippen LogP contribution in [-0.2, 0) is 0 Å². The van der Waals surface area contributed by atoms with E-state index in [1.165, 1.54) is 0 Å². The predicted molar refractivity (Wildman–Crippen MR) is 89.9 cm³/mol. The molecule has 2 nitrogen and oxygen atoms in total. The lowest BCUT2D eigenvalue weighted by Crippen LogP contribution is -1.96. The van der Waals surface area contributed by atoms with Gasteiger partial charge < -0.3 is 9.47 Å². The second-order valence-electron chi connectivity index (χ2n) is 4.61. The van der Waals surface area contributed by atoms with Gasteiger partial charge in [0.2, 0.25) is 0 Å². The summed E-state index contributed by atoms with van der Waals surface area (Å²) in [6.45, 7) is 4.06. The molecule has 0 saturated heterocycles. The van der Waals surface area contributed by atoms with E-state index < -0.39 is 0 Å². The van der Waals surface area contributed by atoms with Crippen molar-refractivity contribution in [3.63, 3.8) is 0 Å². The van der Waals surface area contributed by atoms with Gasteiger partial charge >= 0.3 is 0 Å². The molecule has 0 aromatic heterocycles. The Morgan fingerprint density at radius 2 is 1.05 bits per heavy atom. The van der Waals surface area contributed by atoms with E-state index in [0.717, 1.165) is 42.7 Å². The molecule has 0 fully saturated rings. The Morgan fingerprint density at radius 1 is 0.700 bits per heavy atom. The number of rotatable bonds is 3. The van der Waals surface area contributed by atoms with E-state index in [0.29, 0.717) is 0 Å². The third kappa shape index (κ3) is 2.86. The van der Waals surface area contributed by atoms with Gasteiger partial charge in [0.1, 0.15) is 11.5 Å². The van der Waals surface area contributed by atoms with E-state index in [9.17, 15) is 0 Å². The third-order valence-corrected chi connectivity index (χ3v) is 4.09. The molecule has 20 heavy (non-hydrogen) atoms. The number of halogens is 2. The first kappa shape index (κ1) is 15.4. The van der Waals surface area contributed by atoms with Gasteiger partial charge in [0.25, 0.3) is 0 Å². The van der Waals surface area contributed by atoms with Gasteiger partial charge in [0.05, 0.1) is 14.2 Å². The van der Waals surface area contributed by atoms with Crippen molar-refractivity contribution in [1.82, 2.24) is 0 Å². The normalized spacial score (nSPS) is 10.5. The van der Waals surface area contributed by atoms with Gasteiger partial charge in [0.15, 0.2) is 0 Å². The highest BCUT2D eigenvalue weighted by Crippen LogP contribution is 2.42. The minimum absolute atomic E-state index is 0.865. The van der Waals surface area contributed by atoms with Gasteiger partial charge in [0, 0.05) is 20.1 Å². The summed E-state index contributed by atoms with van der Waals surface area (Å²) in [6.07, 6.45) is 0. The van der Waals surface area contributed by atoms with E-state index in [-0.39, 0.29) is 0 Å². The molecule has 4 heteroatoms. The van der Waals surface area contributed by atoms with Crippen molar-refractivity contribution in [2.45, 2.75) is 13.8 Å². The quantitative estimate of drug-likeness (QED) is 0.677. The number of hydrogen-bond donors (Lipinski definition) is 0. The Kier molecular flexibility index (Phi) is 4.76. The van der Waals surface area contributed by atoms with Crippen LogP contribution in [0.25, 0.3) is 11.1 Å². The highest BCUT2D eigenvalue weighted by atomic mass is 79.9. The molecule has 0 radical (unpaired) electrons. The van der Waals surface area contributed by atoms with Crippen LogP contribution < -0.4 is 9.47 Å². The van der Waals surface area contributed by atoms with Crippen LogP contribution >= 0.6 is 31.9 Å². The van der Waals surface area contributed by atoms with Crippen LogP contribution in [0.15, 0.2) is 33.2 Å². The van der Waals surface area contributed by atoms with Gasteiger partial charge in [-0.15, -0.1) is 0 Å². The van der Waals surface area contributed by atoms with Crippen molar-refractivity contribution < 1.29 is 9.47 Å². The van der Waals surface area contributed by atoms with E-state index in [4.69, 9.17) is 9.47 Å². The fraction of sp³-hybridized carbons (Fsp3) is 0.250. The Balaban J connectivity index is 2.80. The number of methoxy groups -OCH3 is 2. The zero-order valence-corrected chi connectivity index (χ0v) is 15.1. The molecule has 0 unspecified atom stereocenters. The van der Waals surface area contributed by atoms with Crippen molar-refractivity contribution in [3.8, 4) is 22.6 Å². The van der Waals surface area contributed by atoms with E-state index in [2.05, 4.69) is 44.0 Å². The maximum atomic E-state index is 5.57. The van der Waals surface area contributed by atoms with Crippen LogP contribution in [0.4, 0.5) is 0 Å². The van der Waals surface area contributed by atoms with Crippen LogP contribution in [0.2, 0.25) is 0 Å². The van der Waals surface area contributed by atoms with Crippen LogP contribution in [0.5, 0.6) is 11.5 Å². The molecule has 0 atom stereocenters. The molecule has 2 aromatic rings. The summed E-state index contributed by atoms with van der Waals surface area (Å²) in [7, 11) is 3.38. The van der Waals surface area contributed by atoms with Crippen LogP contribution in [0, 0.1) is 13.8 Å². The SMILES string of the molecule is COc1c(C)cc(Br)cc1-c1cc(Br)cc(C)c1OC. The molecule has 0 aliphatic rings. The van der Waals surface area contributed by atoms with Crippen molar-refractivity contribution in [2.75, 3.05) is 14.2 Å². The molecule has 0 spiro atoms. The van der Waals surface area contributed by atoms with Crippen molar-refractivity contribution in [3.05, 3.63) is 44.3 Å². The predicted octanol–water partition coefficient (Wildman–Crippen LogP) is 5.51. The smallest absolute Gasteiger partial charge is 0.129 e. The zero-order valence-electron chi connectivity index (χ0n) is 11.9. The van der Waals surface area contributed by atoms with Crippen molar-refractivity contribution >= 4 is 31.9 Å². The van der Waals surface area contributed by atoms with Gasteiger partial charge in [-0.2, -0.15) is 0 Å². The average molecular weight is 400 g/mol. The summed E-state index contributed by atoms with van der Waals surface area (Å²) in [6, 6.07) is 8.18. The van der Waals surface area contributed by atoms with Crippen LogP contribution in [-0.4, -0.2) is 14.2 Å². The Morgan fingerprint density at radius 3 is 1.35 bits per heavy atom. The van der Waals surface area contributed by atoms with Crippen molar-refractivity contribution in [1.29, 1.82) is 0 Å². The number of benzene rings is 2. The molecule has 2 rings (SSSR count). The second-order valence-corrected chi connectivity index (χ2v) is 6.44. The summed E-state index contributed by atoms with van der Waals surface area (Å²) in [5.74, 6) is 1.73. The monoisotopic (exact) mass is 398 g/mol. The third-order valence-electron chi connectivity index (χ3n) is 3.18. The van der Waals surface area contributed by atoms with Gasteiger partial charge in [-0.3, -0.25) is 0 Å². The highest BCUT2D eigenvalue weighted by Gasteiger charge is 2.16. The second kappa shape index (κ2) is 6.19. The topological polar surface area (TPSA) is 18.5 Å². The molecule has 0 aliphatic heterocycles. The first-order chi connectivity index (χ1) is 9.47. The summed E-state index contributed by atoms with van der Waals surface area (Å²) in [4.78, 5) is 0. The highest BCUT2D eigenvalue weighted by molar-refractivity contribution is 9.10. The van der Waals surface area contributed by atoms with Crippen molar-refractivity contribution in [2.24, 2.45) is 0 Å². The van der Waals surface area contributed by atoms with E-state index in [1.807, 2.05) is 26.0 Å². The molecule has 2 aromatic carbocycles. The molecule has 0 heterocycles. The van der Waals surface area contributed by atoms with Gasteiger partial charge in [-0.05, 0) is 49.2 Å². The van der Waals surface area contributed by atoms with E-state index >= 15 is 0 Å². The fourth-order valence-corrected chi connectivity index (χ4v) is 3.55. The molecule has 0 bridgehead atoms. The van der Waals surface area contributed by atoms with Crippen LogP contribution in [0.3, 0.4) is 0 Å². The summed E-state index contributed by atoms with van der Waals surface area (Å²) >= 11 is 7.10. The lowest BCUT2D eigenvalue weighted by molar-refractivity contribution is 0.407. The molecule has 106 valence electrons. The first-order valence-corrected chi connectivity index (χ1v) is 7.75. The first-order valence-electron chi connectivity index (χ1n) is 6.16. The minimum Gasteiger partial charge on any atom is -0.496 e. The Labute approximate surface area is 136 Å². The molecule has 0 saturated carbocycles. The summed E-state index contributed by atoms with van der Waals surface area (Å²) in [5.41, 5.74) is 4.19. The minimum atomic E-state index is 0.865. The molecular weight excluding hydrogens is 384 g/mol. The maximum Gasteiger partial charge on any atom is 0.129 e. The molecule has 0 N–H and O–H groups in total. The molecule has 0 aliphatic carbocycles. The molecule has 0 amide bonds. The summed E-state index contributed by atoms with van der Waals surface area (Å²) in [5, 5.41) is 0. The van der Waals surface area contributed by atoms with Gasteiger partial charge in [-0.1, -0.05) is 31.9 Å². The lowest BCUT2D eigenvalue weighted by Gasteiger charge is -2.17. The fourth-order valence-electron chi connectivity index (χ4n) is 2.40. The number of ether oxygens (including phenoxy) is 2. The Bertz CT molecular complexity index is 594.